The Morgan fingerprint density at radius 3 is 2.64 bits per heavy atom. The molecule has 0 spiro atoms. The van der Waals surface area contributed by atoms with Crippen molar-refractivity contribution in [1.29, 1.82) is 5.26 Å². The van der Waals surface area contributed by atoms with Crippen molar-refractivity contribution in [2.24, 2.45) is 0 Å². The van der Waals surface area contributed by atoms with Crippen LogP contribution in [0.3, 0.4) is 0 Å². The van der Waals surface area contributed by atoms with E-state index in [1.54, 1.807) is 0 Å². The minimum atomic E-state index is 0.504. The van der Waals surface area contributed by atoms with E-state index < -0.39 is 0 Å². The number of hydrogen-bond donors (Lipinski definition) is 0. The van der Waals surface area contributed by atoms with E-state index in [2.05, 4.69) is 11.0 Å². The zero-order chi connectivity index (χ0) is 8.53. The van der Waals surface area contributed by atoms with Gasteiger partial charge in [-0.1, -0.05) is 6.92 Å². The van der Waals surface area contributed by atoms with Gasteiger partial charge in [0.1, 0.15) is 0 Å². The Labute approximate surface area is 68.6 Å². The van der Waals surface area contributed by atoms with Crippen molar-refractivity contribution in [3.8, 4) is 6.07 Å². The SMILES string of the molecule is CCOCCN(CC)CC#N. The Bertz CT molecular complexity index is 120. The Morgan fingerprint density at radius 2 is 2.18 bits per heavy atom. The van der Waals surface area contributed by atoms with Gasteiger partial charge in [0.25, 0.3) is 0 Å². The molecule has 0 radical (unpaired) electrons. The summed E-state index contributed by atoms with van der Waals surface area (Å²) in [6.07, 6.45) is 0. The molecule has 0 aromatic rings. The van der Waals surface area contributed by atoms with Gasteiger partial charge in [-0.2, -0.15) is 5.26 Å². The van der Waals surface area contributed by atoms with Crippen molar-refractivity contribution in [3.63, 3.8) is 0 Å². The maximum absolute atomic E-state index is 8.39. The summed E-state index contributed by atoms with van der Waals surface area (Å²) >= 11 is 0. The van der Waals surface area contributed by atoms with Gasteiger partial charge in [0.05, 0.1) is 19.2 Å². The standard InChI is InChI=1S/C8H16N2O/c1-3-10(6-5-9)7-8-11-4-2/h3-4,6-8H2,1-2H3. The molecule has 0 saturated heterocycles. The highest BCUT2D eigenvalue weighted by Gasteiger charge is 1.98. The molecule has 0 rings (SSSR count). The molecule has 0 unspecified atom stereocenters. The quantitative estimate of drug-likeness (QED) is 0.423. The topological polar surface area (TPSA) is 36.3 Å². The average molecular weight is 156 g/mol. The van der Waals surface area contributed by atoms with E-state index >= 15 is 0 Å². The maximum atomic E-state index is 8.39. The minimum Gasteiger partial charge on any atom is -0.380 e. The lowest BCUT2D eigenvalue weighted by Crippen LogP contribution is -2.27. The highest BCUT2D eigenvalue weighted by Crippen LogP contribution is 1.86. The van der Waals surface area contributed by atoms with Crippen LogP contribution in [0.15, 0.2) is 0 Å². The van der Waals surface area contributed by atoms with E-state index in [4.69, 9.17) is 10.00 Å². The van der Waals surface area contributed by atoms with Crippen molar-refractivity contribution in [1.82, 2.24) is 4.90 Å². The van der Waals surface area contributed by atoms with Gasteiger partial charge < -0.3 is 4.74 Å². The molecule has 3 heteroatoms. The van der Waals surface area contributed by atoms with Gasteiger partial charge in [0, 0.05) is 13.2 Å². The highest BCUT2D eigenvalue weighted by atomic mass is 16.5. The predicted molar refractivity (Wildman–Crippen MR) is 44.2 cm³/mol. The van der Waals surface area contributed by atoms with Crippen molar-refractivity contribution in [3.05, 3.63) is 0 Å². The van der Waals surface area contributed by atoms with Crippen molar-refractivity contribution >= 4 is 0 Å². The van der Waals surface area contributed by atoms with Crippen LogP contribution in [0.25, 0.3) is 0 Å². The van der Waals surface area contributed by atoms with Gasteiger partial charge >= 0.3 is 0 Å². The number of hydrogen-bond acceptors (Lipinski definition) is 3. The molecule has 0 aliphatic rings. The third-order valence-electron chi connectivity index (χ3n) is 1.50. The lowest BCUT2D eigenvalue weighted by atomic mass is 10.5. The zero-order valence-corrected chi connectivity index (χ0v) is 7.34. The molecule has 64 valence electrons. The summed E-state index contributed by atoms with van der Waals surface area (Å²) in [6.45, 7) is 7.78. The number of ether oxygens (including phenoxy) is 1. The van der Waals surface area contributed by atoms with Crippen LogP contribution in [-0.4, -0.2) is 37.7 Å². The largest absolute Gasteiger partial charge is 0.380 e. The normalized spacial score (nSPS) is 10.0. The van der Waals surface area contributed by atoms with Gasteiger partial charge in [-0.25, -0.2) is 0 Å². The number of nitrogens with zero attached hydrogens (tertiary/aromatic N) is 2. The molecule has 0 heterocycles. The van der Waals surface area contributed by atoms with Crippen LogP contribution in [0.4, 0.5) is 0 Å². The molecule has 0 amide bonds. The first-order valence-corrected chi connectivity index (χ1v) is 4.02. The Balaban J connectivity index is 3.30. The predicted octanol–water partition coefficient (Wildman–Crippen LogP) is 0.868. The van der Waals surface area contributed by atoms with Crippen LogP contribution in [0.1, 0.15) is 13.8 Å². The second-order valence-corrected chi connectivity index (χ2v) is 2.22. The van der Waals surface area contributed by atoms with Gasteiger partial charge in [0.15, 0.2) is 0 Å². The molecule has 0 saturated carbocycles. The molecule has 0 bridgehead atoms. The molecule has 0 aromatic heterocycles. The Kier molecular flexibility index (Phi) is 7.11. The Hall–Kier alpha value is -0.590. The average Bonchev–Trinajstić information content (AvgIpc) is 2.03. The first-order valence-electron chi connectivity index (χ1n) is 4.02. The fourth-order valence-electron chi connectivity index (χ4n) is 0.787. The van der Waals surface area contributed by atoms with Crippen LogP contribution >= 0.6 is 0 Å². The van der Waals surface area contributed by atoms with Crippen LogP contribution in [0, 0.1) is 11.3 Å². The molecule has 0 aromatic carbocycles. The van der Waals surface area contributed by atoms with Crippen molar-refractivity contribution < 1.29 is 4.74 Å². The third-order valence-corrected chi connectivity index (χ3v) is 1.50. The molecule has 0 N–H and O–H groups in total. The van der Waals surface area contributed by atoms with Crippen LogP contribution in [0.2, 0.25) is 0 Å². The molecular weight excluding hydrogens is 140 g/mol. The highest BCUT2D eigenvalue weighted by molar-refractivity contribution is 4.75. The zero-order valence-electron chi connectivity index (χ0n) is 7.34. The summed E-state index contributed by atoms with van der Waals surface area (Å²) in [5.74, 6) is 0. The molecule has 0 fully saturated rings. The summed E-state index contributed by atoms with van der Waals surface area (Å²) in [4.78, 5) is 2.05. The van der Waals surface area contributed by atoms with Gasteiger partial charge in [0.2, 0.25) is 0 Å². The minimum absolute atomic E-state index is 0.504. The maximum Gasteiger partial charge on any atom is 0.0866 e. The number of nitriles is 1. The summed E-state index contributed by atoms with van der Waals surface area (Å²) in [5, 5.41) is 8.39. The van der Waals surface area contributed by atoms with Crippen LogP contribution < -0.4 is 0 Å². The lowest BCUT2D eigenvalue weighted by Gasteiger charge is -2.15. The first kappa shape index (κ1) is 10.4. The van der Waals surface area contributed by atoms with Crippen molar-refractivity contribution in [2.45, 2.75) is 13.8 Å². The van der Waals surface area contributed by atoms with E-state index in [0.29, 0.717) is 6.54 Å². The van der Waals surface area contributed by atoms with E-state index in [0.717, 1.165) is 26.3 Å². The van der Waals surface area contributed by atoms with E-state index in [1.807, 2.05) is 13.8 Å². The first-order chi connectivity index (χ1) is 5.35. The molecule has 0 aliphatic carbocycles. The molecular formula is C8H16N2O. The second kappa shape index (κ2) is 7.52. The monoisotopic (exact) mass is 156 g/mol. The number of likely N-dealkylation sites (N-methyl/N-ethyl adjacent to an activating group) is 1. The van der Waals surface area contributed by atoms with Crippen LogP contribution in [0.5, 0.6) is 0 Å². The van der Waals surface area contributed by atoms with Crippen LogP contribution in [-0.2, 0) is 4.74 Å². The van der Waals surface area contributed by atoms with E-state index in [1.165, 1.54) is 0 Å². The van der Waals surface area contributed by atoms with Gasteiger partial charge in [-0.05, 0) is 13.5 Å². The summed E-state index contributed by atoms with van der Waals surface area (Å²) in [6, 6.07) is 2.12. The molecule has 3 nitrogen and oxygen atoms in total. The lowest BCUT2D eigenvalue weighted by molar-refractivity contribution is 0.120. The number of rotatable bonds is 6. The van der Waals surface area contributed by atoms with Crippen molar-refractivity contribution in [2.75, 3.05) is 32.8 Å². The fourth-order valence-corrected chi connectivity index (χ4v) is 0.787. The van der Waals surface area contributed by atoms with Gasteiger partial charge in [-0.3, -0.25) is 4.90 Å². The van der Waals surface area contributed by atoms with Gasteiger partial charge in [-0.15, -0.1) is 0 Å². The molecule has 0 aliphatic heterocycles. The van der Waals surface area contributed by atoms with E-state index in [9.17, 15) is 0 Å². The smallest absolute Gasteiger partial charge is 0.0866 e. The fraction of sp³-hybridized carbons (Fsp3) is 0.875. The molecule has 11 heavy (non-hydrogen) atoms. The molecule has 0 atom stereocenters. The summed E-state index contributed by atoms with van der Waals surface area (Å²) in [5.41, 5.74) is 0. The summed E-state index contributed by atoms with van der Waals surface area (Å²) < 4.78 is 5.16. The second-order valence-electron chi connectivity index (χ2n) is 2.22. The summed E-state index contributed by atoms with van der Waals surface area (Å²) in [7, 11) is 0. The van der Waals surface area contributed by atoms with E-state index in [-0.39, 0.29) is 0 Å². The Morgan fingerprint density at radius 1 is 1.45 bits per heavy atom. The third kappa shape index (κ3) is 5.84.